The Morgan fingerprint density at radius 1 is 1.21 bits per heavy atom. The van der Waals surface area contributed by atoms with Crippen molar-refractivity contribution in [1.29, 1.82) is 0 Å². The molecule has 0 atom stereocenters. The number of carboxylic acids is 1. The first kappa shape index (κ1) is 10.8. The summed E-state index contributed by atoms with van der Waals surface area (Å²) in [4.78, 5) is 10.6. The molecule has 1 N–H and O–H groups in total. The van der Waals surface area contributed by atoms with Crippen LogP contribution >= 0.6 is 0 Å². The number of aliphatic carboxylic acids is 1. The molecule has 1 aromatic rings. The highest BCUT2D eigenvalue weighted by Gasteiger charge is 2.07. The molecule has 0 fully saturated rings. The Bertz CT molecular complexity index is 354. The van der Waals surface area contributed by atoms with Gasteiger partial charge in [0.15, 0.2) is 0 Å². The number of carboxylic acid groups (broad SMARTS) is 1. The average Bonchev–Trinajstić information content (AvgIpc) is 2.13. The predicted molar refractivity (Wildman–Crippen MR) is 56.6 cm³/mol. The summed E-state index contributed by atoms with van der Waals surface area (Å²) in [7, 11) is 0. The van der Waals surface area contributed by atoms with Crippen molar-refractivity contribution < 1.29 is 9.90 Å². The highest BCUT2D eigenvalue weighted by Crippen LogP contribution is 2.18. The lowest BCUT2D eigenvalue weighted by molar-refractivity contribution is -0.136. The maximum Gasteiger partial charge on any atom is 0.307 e. The van der Waals surface area contributed by atoms with Crippen molar-refractivity contribution >= 4 is 5.97 Å². The highest BCUT2D eigenvalue weighted by atomic mass is 16.4. The van der Waals surface area contributed by atoms with E-state index in [1.165, 1.54) is 11.1 Å². The molecule has 0 aliphatic rings. The lowest BCUT2D eigenvalue weighted by Crippen LogP contribution is -2.04. The Morgan fingerprint density at radius 3 is 2.21 bits per heavy atom. The fourth-order valence-electron chi connectivity index (χ4n) is 1.67. The summed E-state index contributed by atoms with van der Waals surface area (Å²) >= 11 is 0. The van der Waals surface area contributed by atoms with Gasteiger partial charge in [0.25, 0.3) is 0 Å². The molecule has 0 saturated carbocycles. The molecule has 0 aliphatic carbocycles. The smallest absolute Gasteiger partial charge is 0.307 e. The van der Waals surface area contributed by atoms with Gasteiger partial charge in [0.05, 0.1) is 6.42 Å². The molecule has 0 bridgehead atoms. The maximum atomic E-state index is 10.6. The monoisotopic (exact) mass is 192 g/mol. The Morgan fingerprint density at radius 2 is 1.71 bits per heavy atom. The fourth-order valence-corrected chi connectivity index (χ4v) is 1.67. The molecule has 0 amide bonds. The lowest BCUT2D eigenvalue weighted by atomic mass is 9.95. The van der Waals surface area contributed by atoms with Gasteiger partial charge < -0.3 is 5.11 Å². The number of carbonyl (C=O) groups is 1. The first-order valence-electron chi connectivity index (χ1n) is 4.86. The molecule has 0 heterocycles. The third-order valence-corrected chi connectivity index (χ3v) is 2.73. The summed E-state index contributed by atoms with van der Waals surface area (Å²) in [5.41, 5.74) is 4.57. The zero-order valence-corrected chi connectivity index (χ0v) is 8.92. The Labute approximate surface area is 84.6 Å². The van der Waals surface area contributed by atoms with E-state index in [-0.39, 0.29) is 6.42 Å². The molecule has 0 aromatic heterocycles. The Hall–Kier alpha value is -1.31. The van der Waals surface area contributed by atoms with Crippen LogP contribution in [-0.4, -0.2) is 11.1 Å². The van der Waals surface area contributed by atoms with Crippen LogP contribution in [0.1, 0.15) is 29.2 Å². The second-order valence-corrected chi connectivity index (χ2v) is 3.56. The van der Waals surface area contributed by atoms with E-state index < -0.39 is 5.97 Å². The molecule has 0 saturated heterocycles. The standard InChI is InChI=1S/C12H16O2/c1-4-10-5-6-11(7-12(13)14)9(3)8(10)2/h5-6H,4,7H2,1-3H3,(H,13,14). The van der Waals surface area contributed by atoms with Crippen LogP contribution in [0.3, 0.4) is 0 Å². The second-order valence-electron chi connectivity index (χ2n) is 3.56. The Balaban J connectivity index is 3.10. The van der Waals surface area contributed by atoms with Gasteiger partial charge in [-0.25, -0.2) is 0 Å². The summed E-state index contributed by atoms with van der Waals surface area (Å²) < 4.78 is 0. The topological polar surface area (TPSA) is 37.3 Å². The summed E-state index contributed by atoms with van der Waals surface area (Å²) in [6.07, 6.45) is 1.12. The molecule has 0 aliphatic heterocycles. The largest absolute Gasteiger partial charge is 0.481 e. The van der Waals surface area contributed by atoms with Crippen LogP contribution in [0.2, 0.25) is 0 Å². The molecule has 2 heteroatoms. The van der Waals surface area contributed by atoms with Crippen LogP contribution in [-0.2, 0) is 17.6 Å². The van der Waals surface area contributed by atoms with E-state index >= 15 is 0 Å². The van der Waals surface area contributed by atoms with Gasteiger partial charge in [-0.2, -0.15) is 0 Å². The van der Waals surface area contributed by atoms with Crippen LogP contribution in [0.5, 0.6) is 0 Å². The van der Waals surface area contributed by atoms with Crippen molar-refractivity contribution in [3.8, 4) is 0 Å². The summed E-state index contributed by atoms with van der Waals surface area (Å²) in [6.45, 7) is 6.16. The van der Waals surface area contributed by atoms with E-state index in [1.54, 1.807) is 0 Å². The summed E-state index contributed by atoms with van der Waals surface area (Å²) in [5, 5.41) is 8.71. The van der Waals surface area contributed by atoms with Gasteiger partial charge in [0, 0.05) is 0 Å². The normalized spacial score (nSPS) is 10.2. The maximum absolute atomic E-state index is 10.6. The number of hydrogen-bond acceptors (Lipinski definition) is 1. The van der Waals surface area contributed by atoms with Gasteiger partial charge in [0.2, 0.25) is 0 Å². The number of aryl methyl sites for hydroxylation is 1. The molecule has 0 unspecified atom stereocenters. The minimum absolute atomic E-state index is 0.122. The summed E-state index contributed by atoms with van der Waals surface area (Å²) in [5.74, 6) is -0.767. The van der Waals surface area contributed by atoms with E-state index in [4.69, 9.17) is 5.11 Å². The zero-order valence-electron chi connectivity index (χ0n) is 8.92. The first-order chi connectivity index (χ1) is 6.56. The van der Waals surface area contributed by atoms with Crippen molar-refractivity contribution in [3.63, 3.8) is 0 Å². The number of rotatable bonds is 3. The minimum atomic E-state index is -0.767. The molecule has 1 rings (SSSR count). The molecule has 76 valence electrons. The second kappa shape index (κ2) is 4.27. The fraction of sp³-hybridized carbons (Fsp3) is 0.417. The third kappa shape index (κ3) is 2.13. The van der Waals surface area contributed by atoms with Crippen LogP contribution in [0, 0.1) is 13.8 Å². The molecule has 2 nitrogen and oxygen atoms in total. The van der Waals surface area contributed by atoms with E-state index in [0.29, 0.717) is 0 Å². The van der Waals surface area contributed by atoms with Crippen LogP contribution in [0.15, 0.2) is 12.1 Å². The molecular weight excluding hydrogens is 176 g/mol. The van der Waals surface area contributed by atoms with Gasteiger partial charge in [-0.3, -0.25) is 4.79 Å². The lowest BCUT2D eigenvalue weighted by Gasteiger charge is -2.10. The van der Waals surface area contributed by atoms with Gasteiger partial charge in [-0.05, 0) is 42.5 Å². The van der Waals surface area contributed by atoms with Crippen molar-refractivity contribution in [2.24, 2.45) is 0 Å². The van der Waals surface area contributed by atoms with Crippen molar-refractivity contribution in [1.82, 2.24) is 0 Å². The van der Waals surface area contributed by atoms with Crippen molar-refractivity contribution in [2.75, 3.05) is 0 Å². The van der Waals surface area contributed by atoms with Crippen molar-refractivity contribution in [3.05, 3.63) is 34.4 Å². The van der Waals surface area contributed by atoms with Gasteiger partial charge >= 0.3 is 5.97 Å². The van der Waals surface area contributed by atoms with Gasteiger partial charge in [-0.1, -0.05) is 19.1 Å². The van der Waals surface area contributed by atoms with Crippen molar-refractivity contribution in [2.45, 2.75) is 33.6 Å². The zero-order chi connectivity index (χ0) is 10.7. The average molecular weight is 192 g/mol. The van der Waals surface area contributed by atoms with E-state index in [9.17, 15) is 4.79 Å². The van der Waals surface area contributed by atoms with Crippen LogP contribution in [0.4, 0.5) is 0 Å². The minimum Gasteiger partial charge on any atom is -0.481 e. The molecule has 14 heavy (non-hydrogen) atoms. The molecule has 0 radical (unpaired) electrons. The highest BCUT2D eigenvalue weighted by molar-refractivity contribution is 5.71. The van der Waals surface area contributed by atoms with E-state index in [2.05, 4.69) is 13.8 Å². The van der Waals surface area contributed by atoms with Gasteiger partial charge in [0.1, 0.15) is 0 Å². The third-order valence-electron chi connectivity index (χ3n) is 2.73. The van der Waals surface area contributed by atoms with E-state index in [1.807, 2.05) is 19.1 Å². The van der Waals surface area contributed by atoms with E-state index in [0.717, 1.165) is 17.5 Å². The van der Waals surface area contributed by atoms with Crippen LogP contribution in [0.25, 0.3) is 0 Å². The first-order valence-corrected chi connectivity index (χ1v) is 4.86. The quantitative estimate of drug-likeness (QED) is 0.798. The number of benzene rings is 1. The predicted octanol–water partition coefficient (Wildman–Crippen LogP) is 2.49. The molecule has 1 aromatic carbocycles. The van der Waals surface area contributed by atoms with Gasteiger partial charge in [-0.15, -0.1) is 0 Å². The SMILES string of the molecule is CCc1ccc(CC(=O)O)c(C)c1C. The Kier molecular flexibility index (Phi) is 3.28. The molecule has 0 spiro atoms. The number of hydrogen-bond donors (Lipinski definition) is 1. The molecular formula is C12H16O2. The van der Waals surface area contributed by atoms with Crippen LogP contribution < -0.4 is 0 Å². The summed E-state index contributed by atoms with van der Waals surface area (Å²) in [6, 6.07) is 3.95.